The maximum atomic E-state index is 12.4. The van der Waals surface area contributed by atoms with Gasteiger partial charge in [-0.25, -0.2) is 14.0 Å². The summed E-state index contributed by atoms with van der Waals surface area (Å²) in [5.41, 5.74) is 4.65. The minimum atomic E-state index is -3.93. The van der Waals surface area contributed by atoms with E-state index in [1.807, 2.05) is 27.6 Å². The number of imidazole rings is 1. The van der Waals surface area contributed by atoms with Gasteiger partial charge < -0.3 is 4.57 Å². The molecule has 4 aromatic rings. The third-order valence-corrected chi connectivity index (χ3v) is 8.26. The zero-order valence-corrected chi connectivity index (χ0v) is 23.5. The van der Waals surface area contributed by atoms with Crippen LogP contribution in [0.2, 0.25) is 10.0 Å². The fourth-order valence-electron chi connectivity index (χ4n) is 4.38. The molecule has 1 aromatic heterocycles. The Morgan fingerprint density at radius 1 is 1.03 bits per heavy atom. The molecule has 39 heavy (non-hydrogen) atoms. The predicted molar refractivity (Wildman–Crippen MR) is 157 cm³/mol. The fourth-order valence-corrected chi connectivity index (χ4v) is 6.03. The standard InChI is InChI=1S/C29H26Cl2N4O3S/c1-2-3-4-6-20-9-11-21(12-10-20)15-28-32-27(25-14-13-22(30)16-26(25)31)18-34(28)23-7-5-8-24(17-23)35-19-29(36)33-39(35,37)38/h4-14,16-18H,2-3,15,19H2,1H3,(H,33,36)/b6-4+. The summed E-state index contributed by atoms with van der Waals surface area (Å²) in [7, 11) is -3.93. The smallest absolute Gasteiger partial charge is 0.303 e. The lowest BCUT2D eigenvalue weighted by Gasteiger charge is -2.16. The summed E-state index contributed by atoms with van der Waals surface area (Å²) in [6.07, 6.45) is 8.82. The molecule has 0 bridgehead atoms. The Labute approximate surface area is 237 Å². The van der Waals surface area contributed by atoms with Crippen molar-refractivity contribution >= 4 is 51.1 Å². The van der Waals surface area contributed by atoms with Gasteiger partial charge in [0.25, 0.3) is 5.91 Å². The van der Waals surface area contributed by atoms with Crippen molar-refractivity contribution in [3.05, 3.63) is 106 Å². The first-order chi connectivity index (χ1) is 18.7. The first-order valence-electron chi connectivity index (χ1n) is 12.5. The molecule has 3 aromatic carbocycles. The van der Waals surface area contributed by atoms with Gasteiger partial charge in [0, 0.05) is 28.9 Å². The molecule has 5 rings (SSSR count). The number of unbranched alkanes of at least 4 members (excludes halogenated alkanes) is 1. The Bertz CT molecular complexity index is 1660. The highest BCUT2D eigenvalue weighted by Crippen LogP contribution is 2.32. The van der Waals surface area contributed by atoms with Crippen LogP contribution in [0.3, 0.4) is 0 Å². The number of carbonyl (C=O) groups is 1. The number of benzene rings is 3. The van der Waals surface area contributed by atoms with E-state index in [-0.39, 0.29) is 6.54 Å². The van der Waals surface area contributed by atoms with Gasteiger partial charge in [-0.05, 0) is 53.9 Å². The molecule has 0 unspecified atom stereocenters. The number of halogens is 2. The Kier molecular flexibility index (Phi) is 7.79. The van der Waals surface area contributed by atoms with Gasteiger partial charge in [0.15, 0.2) is 0 Å². The fraction of sp³-hybridized carbons (Fsp3) is 0.172. The number of amides is 1. The van der Waals surface area contributed by atoms with Crippen molar-refractivity contribution in [2.75, 3.05) is 10.8 Å². The normalized spacial score (nSPS) is 14.7. The van der Waals surface area contributed by atoms with Crippen LogP contribution in [0, 0.1) is 0 Å². The lowest BCUT2D eigenvalue weighted by Crippen LogP contribution is -2.29. The van der Waals surface area contributed by atoms with Crippen molar-refractivity contribution in [2.24, 2.45) is 0 Å². The van der Waals surface area contributed by atoms with Crippen molar-refractivity contribution in [3.8, 4) is 16.9 Å². The van der Waals surface area contributed by atoms with Crippen molar-refractivity contribution in [3.63, 3.8) is 0 Å². The van der Waals surface area contributed by atoms with Crippen LogP contribution >= 0.6 is 23.2 Å². The van der Waals surface area contributed by atoms with Crippen molar-refractivity contribution in [1.29, 1.82) is 0 Å². The molecular formula is C29H26Cl2N4O3S. The molecule has 7 nitrogen and oxygen atoms in total. The first-order valence-corrected chi connectivity index (χ1v) is 14.7. The monoisotopic (exact) mass is 580 g/mol. The second-order valence-electron chi connectivity index (χ2n) is 9.20. The van der Waals surface area contributed by atoms with Crippen LogP contribution in [0.4, 0.5) is 5.69 Å². The maximum Gasteiger partial charge on any atom is 0.326 e. The topological polar surface area (TPSA) is 84.3 Å². The van der Waals surface area contributed by atoms with Crippen molar-refractivity contribution in [1.82, 2.24) is 14.3 Å². The second kappa shape index (κ2) is 11.3. The van der Waals surface area contributed by atoms with Crippen LogP contribution in [0.25, 0.3) is 23.0 Å². The number of carbonyl (C=O) groups excluding carboxylic acids is 1. The molecule has 10 heteroatoms. The van der Waals surface area contributed by atoms with E-state index in [9.17, 15) is 13.2 Å². The van der Waals surface area contributed by atoms with Crippen LogP contribution in [-0.2, 0) is 21.4 Å². The molecule has 1 saturated heterocycles. The summed E-state index contributed by atoms with van der Waals surface area (Å²) < 4.78 is 29.9. The van der Waals surface area contributed by atoms with E-state index in [2.05, 4.69) is 43.3 Å². The molecule has 0 saturated carbocycles. The molecule has 2 heterocycles. The molecule has 0 spiro atoms. The number of nitrogens with zero attached hydrogens (tertiary/aromatic N) is 3. The average Bonchev–Trinajstić information content (AvgIpc) is 3.44. The number of rotatable bonds is 8. The summed E-state index contributed by atoms with van der Waals surface area (Å²) in [4.78, 5) is 16.7. The SMILES string of the molecule is CCC/C=C/c1ccc(Cc2nc(-c3ccc(Cl)cc3Cl)cn2-c2cccc(N3CC(=O)NS3(=O)=O)c2)cc1. The molecular weight excluding hydrogens is 555 g/mol. The van der Waals surface area contributed by atoms with Gasteiger partial charge in [-0.2, -0.15) is 8.42 Å². The van der Waals surface area contributed by atoms with Gasteiger partial charge in [-0.1, -0.05) is 79.0 Å². The molecule has 0 aliphatic carbocycles. The van der Waals surface area contributed by atoms with Gasteiger partial charge in [-0.15, -0.1) is 0 Å². The minimum Gasteiger partial charge on any atom is -0.303 e. The predicted octanol–water partition coefficient (Wildman–Crippen LogP) is 6.43. The van der Waals surface area contributed by atoms with Crippen LogP contribution < -0.4 is 9.03 Å². The Morgan fingerprint density at radius 2 is 1.79 bits per heavy atom. The summed E-state index contributed by atoms with van der Waals surface area (Å²) >= 11 is 12.6. The van der Waals surface area contributed by atoms with Gasteiger partial charge in [-0.3, -0.25) is 4.79 Å². The highest BCUT2D eigenvalue weighted by Gasteiger charge is 2.34. The van der Waals surface area contributed by atoms with E-state index in [4.69, 9.17) is 28.2 Å². The minimum absolute atomic E-state index is 0.271. The van der Waals surface area contributed by atoms with Crippen LogP contribution in [0.5, 0.6) is 0 Å². The average molecular weight is 582 g/mol. The zero-order valence-electron chi connectivity index (χ0n) is 21.1. The summed E-state index contributed by atoms with van der Waals surface area (Å²) in [6.45, 7) is 1.88. The Morgan fingerprint density at radius 3 is 2.49 bits per heavy atom. The number of anilines is 1. The van der Waals surface area contributed by atoms with Crippen molar-refractivity contribution < 1.29 is 13.2 Å². The lowest BCUT2D eigenvalue weighted by atomic mass is 10.1. The van der Waals surface area contributed by atoms with E-state index in [1.165, 1.54) is 0 Å². The van der Waals surface area contributed by atoms with Crippen LogP contribution in [-0.4, -0.2) is 30.4 Å². The molecule has 1 N–H and O–H groups in total. The zero-order chi connectivity index (χ0) is 27.6. The number of nitrogens with one attached hydrogen (secondary N) is 1. The third-order valence-electron chi connectivity index (χ3n) is 6.31. The van der Waals surface area contributed by atoms with Crippen molar-refractivity contribution in [2.45, 2.75) is 26.2 Å². The third kappa shape index (κ3) is 6.03. The second-order valence-corrected chi connectivity index (χ2v) is 11.6. The van der Waals surface area contributed by atoms with Gasteiger partial charge in [0.05, 0.1) is 16.4 Å². The number of aromatic nitrogens is 2. The molecule has 1 fully saturated rings. The first kappa shape index (κ1) is 27.0. The summed E-state index contributed by atoms with van der Waals surface area (Å²) in [5, 5.41) is 1.00. The van der Waals surface area contributed by atoms with E-state index < -0.39 is 16.1 Å². The van der Waals surface area contributed by atoms with E-state index in [0.717, 1.165) is 39.7 Å². The maximum absolute atomic E-state index is 12.4. The highest BCUT2D eigenvalue weighted by molar-refractivity contribution is 7.92. The van der Waals surface area contributed by atoms with E-state index >= 15 is 0 Å². The molecule has 0 atom stereocenters. The number of hydrogen-bond donors (Lipinski definition) is 1. The molecule has 200 valence electrons. The van der Waals surface area contributed by atoms with Crippen LogP contribution in [0.15, 0.2) is 79.0 Å². The molecule has 1 aliphatic rings. The largest absolute Gasteiger partial charge is 0.326 e. The van der Waals surface area contributed by atoms with E-state index in [0.29, 0.717) is 33.5 Å². The van der Waals surface area contributed by atoms with E-state index in [1.54, 1.807) is 30.3 Å². The quantitative estimate of drug-likeness (QED) is 0.260. The number of hydrogen-bond acceptors (Lipinski definition) is 4. The molecule has 1 aliphatic heterocycles. The van der Waals surface area contributed by atoms with Crippen LogP contribution in [0.1, 0.15) is 36.7 Å². The summed E-state index contributed by atoms with van der Waals surface area (Å²) in [6, 6.07) is 20.5. The van der Waals surface area contributed by atoms with Gasteiger partial charge >= 0.3 is 10.2 Å². The van der Waals surface area contributed by atoms with Gasteiger partial charge in [0.2, 0.25) is 0 Å². The number of allylic oxidation sites excluding steroid dienone is 1. The van der Waals surface area contributed by atoms with Gasteiger partial charge in [0.1, 0.15) is 12.4 Å². The molecule has 0 radical (unpaired) electrons. The Balaban J connectivity index is 1.54. The highest BCUT2D eigenvalue weighted by atomic mass is 35.5. The Hall–Kier alpha value is -3.59. The summed E-state index contributed by atoms with van der Waals surface area (Å²) in [5.74, 6) is 0.164. The molecule has 1 amide bonds. The lowest BCUT2D eigenvalue weighted by molar-refractivity contribution is -0.117.